The molecule has 4 heteroatoms. The fourth-order valence-corrected chi connectivity index (χ4v) is 5.11. The van der Waals surface area contributed by atoms with E-state index in [4.69, 9.17) is 9.51 Å². The van der Waals surface area contributed by atoms with Gasteiger partial charge in [-0.15, -0.1) is 0 Å². The van der Waals surface area contributed by atoms with Crippen molar-refractivity contribution in [2.45, 2.75) is 69.6 Å². The van der Waals surface area contributed by atoms with Gasteiger partial charge in [0.15, 0.2) is 5.82 Å². The van der Waals surface area contributed by atoms with Crippen LogP contribution in [0, 0.1) is 11.8 Å². The summed E-state index contributed by atoms with van der Waals surface area (Å²) in [5.41, 5.74) is 0.0931. The molecule has 116 valence electrons. The summed E-state index contributed by atoms with van der Waals surface area (Å²) in [6, 6.07) is 0. The first-order valence-corrected chi connectivity index (χ1v) is 8.85. The lowest BCUT2D eigenvalue weighted by atomic mass is 9.77. The largest absolute Gasteiger partial charge is 0.339 e. The van der Waals surface area contributed by atoms with Gasteiger partial charge < -0.3 is 9.84 Å². The zero-order valence-electron chi connectivity index (χ0n) is 13.1. The molecule has 0 amide bonds. The second-order valence-corrected chi connectivity index (χ2v) is 7.55. The van der Waals surface area contributed by atoms with Gasteiger partial charge in [-0.1, -0.05) is 24.9 Å². The molecule has 4 unspecified atom stereocenters. The number of aromatic nitrogens is 2. The summed E-state index contributed by atoms with van der Waals surface area (Å²) in [6.07, 6.45) is 10.2. The summed E-state index contributed by atoms with van der Waals surface area (Å²) < 4.78 is 5.78. The number of rotatable bonds is 4. The molecular weight excluding hydrogens is 262 g/mol. The highest BCUT2D eigenvalue weighted by Crippen LogP contribution is 2.52. The highest BCUT2D eigenvalue weighted by molar-refractivity contribution is 5.12. The van der Waals surface area contributed by atoms with E-state index in [-0.39, 0.29) is 5.41 Å². The van der Waals surface area contributed by atoms with E-state index in [1.54, 1.807) is 0 Å². The smallest absolute Gasteiger partial charge is 0.234 e. The van der Waals surface area contributed by atoms with Gasteiger partial charge in [-0.3, -0.25) is 0 Å². The Morgan fingerprint density at radius 3 is 2.95 bits per heavy atom. The van der Waals surface area contributed by atoms with Crippen LogP contribution in [0.4, 0.5) is 0 Å². The average Bonchev–Trinajstić information content (AvgIpc) is 3.24. The van der Waals surface area contributed by atoms with Crippen molar-refractivity contribution in [3.63, 3.8) is 0 Å². The number of piperidine rings is 1. The van der Waals surface area contributed by atoms with Crippen molar-refractivity contribution in [2.75, 3.05) is 13.1 Å². The maximum absolute atomic E-state index is 5.78. The number of nitrogens with zero attached hydrogens (tertiary/aromatic N) is 2. The molecule has 2 heterocycles. The van der Waals surface area contributed by atoms with Gasteiger partial charge in [0.1, 0.15) is 0 Å². The number of nitrogens with one attached hydrogen (secondary N) is 1. The molecule has 0 radical (unpaired) electrons. The second kappa shape index (κ2) is 5.38. The molecule has 0 aromatic carbocycles. The minimum atomic E-state index is 0.0931. The molecule has 2 saturated carbocycles. The van der Waals surface area contributed by atoms with Crippen molar-refractivity contribution < 1.29 is 4.52 Å². The maximum Gasteiger partial charge on any atom is 0.234 e. The van der Waals surface area contributed by atoms with E-state index in [1.807, 2.05) is 0 Å². The van der Waals surface area contributed by atoms with Crippen LogP contribution < -0.4 is 5.32 Å². The van der Waals surface area contributed by atoms with Gasteiger partial charge in [0, 0.05) is 12.5 Å². The molecule has 0 spiro atoms. The third kappa shape index (κ3) is 2.32. The number of hydrogen-bond donors (Lipinski definition) is 1. The van der Waals surface area contributed by atoms with Crippen LogP contribution in [0.5, 0.6) is 0 Å². The van der Waals surface area contributed by atoms with Crippen LogP contribution in [-0.2, 0) is 5.41 Å². The molecule has 1 aliphatic heterocycles. The van der Waals surface area contributed by atoms with Crippen molar-refractivity contribution >= 4 is 0 Å². The Labute approximate surface area is 127 Å². The summed E-state index contributed by atoms with van der Waals surface area (Å²) in [5.74, 6) is 4.26. The van der Waals surface area contributed by atoms with E-state index in [1.165, 1.54) is 44.9 Å². The van der Waals surface area contributed by atoms with Crippen molar-refractivity contribution in [1.82, 2.24) is 15.5 Å². The van der Waals surface area contributed by atoms with Gasteiger partial charge in [-0.05, 0) is 56.9 Å². The summed E-state index contributed by atoms with van der Waals surface area (Å²) >= 11 is 0. The van der Waals surface area contributed by atoms with E-state index in [0.717, 1.165) is 43.1 Å². The van der Waals surface area contributed by atoms with Gasteiger partial charge in [-0.25, -0.2) is 0 Å². The topological polar surface area (TPSA) is 51.0 Å². The molecule has 3 fully saturated rings. The lowest BCUT2D eigenvalue weighted by molar-refractivity contribution is 0.212. The van der Waals surface area contributed by atoms with Crippen LogP contribution in [0.25, 0.3) is 0 Å². The Morgan fingerprint density at radius 2 is 2.29 bits per heavy atom. The maximum atomic E-state index is 5.78. The Balaban J connectivity index is 1.57. The molecule has 1 aromatic rings. The SMILES string of the molecule is CCCC1(c2nc(C3CC4CCC3C4)no2)CCCNC1. The molecule has 2 bridgehead atoms. The van der Waals surface area contributed by atoms with Crippen LogP contribution in [0.1, 0.15) is 75.9 Å². The molecule has 1 saturated heterocycles. The van der Waals surface area contributed by atoms with Crippen LogP contribution >= 0.6 is 0 Å². The van der Waals surface area contributed by atoms with Crippen molar-refractivity contribution in [2.24, 2.45) is 11.8 Å². The lowest BCUT2D eigenvalue weighted by Crippen LogP contribution is -2.43. The fraction of sp³-hybridized carbons (Fsp3) is 0.882. The molecule has 1 N–H and O–H groups in total. The Morgan fingerprint density at radius 1 is 1.33 bits per heavy atom. The summed E-state index contributed by atoms with van der Waals surface area (Å²) in [6.45, 7) is 4.38. The molecule has 4 atom stereocenters. The Kier molecular flexibility index (Phi) is 3.52. The molecule has 2 aliphatic carbocycles. The third-order valence-corrected chi connectivity index (χ3v) is 6.17. The fourth-order valence-electron chi connectivity index (χ4n) is 5.11. The Bertz CT molecular complexity index is 486. The zero-order valence-corrected chi connectivity index (χ0v) is 13.1. The van der Waals surface area contributed by atoms with E-state index >= 15 is 0 Å². The first-order chi connectivity index (χ1) is 10.3. The number of hydrogen-bond acceptors (Lipinski definition) is 4. The van der Waals surface area contributed by atoms with Gasteiger partial charge in [0.25, 0.3) is 0 Å². The highest BCUT2D eigenvalue weighted by atomic mass is 16.5. The van der Waals surface area contributed by atoms with Crippen LogP contribution in [-0.4, -0.2) is 23.2 Å². The van der Waals surface area contributed by atoms with Gasteiger partial charge in [0.05, 0.1) is 5.41 Å². The first-order valence-electron chi connectivity index (χ1n) is 8.85. The monoisotopic (exact) mass is 289 g/mol. The molecule has 4 nitrogen and oxygen atoms in total. The van der Waals surface area contributed by atoms with Gasteiger partial charge in [-0.2, -0.15) is 4.98 Å². The quantitative estimate of drug-likeness (QED) is 0.923. The standard InChI is InChI=1S/C17H27N3O/c1-2-6-17(7-3-8-18-11-17)16-19-15(20-21-16)14-10-12-4-5-13(14)9-12/h12-14,18H,2-11H2,1H3. The normalized spacial score (nSPS) is 39.0. The molecule has 4 rings (SSSR count). The van der Waals surface area contributed by atoms with E-state index in [0.29, 0.717) is 5.92 Å². The summed E-state index contributed by atoms with van der Waals surface area (Å²) in [7, 11) is 0. The van der Waals surface area contributed by atoms with Crippen molar-refractivity contribution in [1.29, 1.82) is 0 Å². The molecule has 1 aromatic heterocycles. The van der Waals surface area contributed by atoms with Gasteiger partial charge in [0.2, 0.25) is 5.89 Å². The molecule has 21 heavy (non-hydrogen) atoms. The summed E-state index contributed by atoms with van der Waals surface area (Å²) in [4.78, 5) is 4.91. The van der Waals surface area contributed by atoms with Crippen LogP contribution in [0.15, 0.2) is 4.52 Å². The molecular formula is C17H27N3O. The minimum Gasteiger partial charge on any atom is -0.339 e. The first kappa shape index (κ1) is 13.7. The van der Waals surface area contributed by atoms with E-state index in [9.17, 15) is 0 Å². The number of fused-ring (bicyclic) bond motifs is 2. The lowest BCUT2D eigenvalue weighted by Gasteiger charge is -2.34. The van der Waals surface area contributed by atoms with Gasteiger partial charge >= 0.3 is 0 Å². The van der Waals surface area contributed by atoms with Crippen molar-refractivity contribution in [3.05, 3.63) is 11.7 Å². The van der Waals surface area contributed by atoms with E-state index in [2.05, 4.69) is 17.4 Å². The van der Waals surface area contributed by atoms with Crippen LogP contribution in [0.3, 0.4) is 0 Å². The Hall–Kier alpha value is -0.900. The van der Waals surface area contributed by atoms with E-state index < -0.39 is 0 Å². The zero-order chi connectivity index (χ0) is 14.3. The summed E-state index contributed by atoms with van der Waals surface area (Å²) in [5, 5.41) is 7.94. The predicted octanol–water partition coefficient (Wildman–Crippen LogP) is 3.39. The minimum absolute atomic E-state index is 0.0931. The third-order valence-electron chi connectivity index (χ3n) is 6.17. The van der Waals surface area contributed by atoms with Crippen LogP contribution in [0.2, 0.25) is 0 Å². The molecule has 3 aliphatic rings. The average molecular weight is 289 g/mol. The predicted molar refractivity (Wildman–Crippen MR) is 81.2 cm³/mol. The highest BCUT2D eigenvalue weighted by Gasteiger charge is 2.44. The van der Waals surface area contributed by atoms with Crippen molar-refractivity contribution in [3.8, 4) is 0 Å². The second-order valence-electron chi connectivity index (χ2n) is 7.55.